The first kappa shape index (κ1) is 23.0. The second-order valence-electron chi connectivity index (χ2n) is 6.76. The molecule has 0 fully saturated rings. The fourth-order valence-electron chi connectivity index (χ4n) is 3.01. The highest BCUT2D eigenvalue weighted by atomic mass is 35.5. The molecule has 0 amide bonds. The Bertz CT molecular complexity index is 1550. The number of ether oxygens (including phenoxy) is 2. The summed E-state index contributed by atoms with van der Waals surface area (Å²) in [6.45, 7) is 0. The van der Waals surface area contributed by atoms with Gasteiger partial charge in [-0.15, -0.1) is 0 Å². The van der Waals surface area contributed by atoms with Gasteiger partial charge in [0.2, 0.25) is 5.69 Å². The number of pyridine rings is 1. The number of hydrogen-bond donors (Lipinski definition) is 1. The van der Waals surface area contributed by atoms with Crippen molar-refractivity contribution in [2.45, 2.75) is 0 Å². The monoisotopic (exact) mass is 500 g/mol. The van der Waals surface area contributed by atoms with Gasteiger partial charge in [0, 0.05) is 11.8 Å². The van der Waals surface area contributed by atoms with Gasteiger partial charge in [0.05, 0.1) is 29.0 Å². The van der Waals surface area contributed by atoms with E-state index in [9.17, 15) is 19.2 Å². The Morgan fingerprint density at radius 2 is 1.65 bits per heavy atom. The third-order valence-corrected chi connectivity index (χ3v) is 5.13. The molecule has 0 spiro atoms. The van der Waals surface area contributed by atoms with E-state index in [0.29, 0.717) is 5.69 Å². The van der Waals surface area contributed by atoms with Gasteiger partial charge in [0.25, 0.3) is 11.1 Å². The van der Waals surface area contributed by atoms with Crippen LogP contribution in [0.4, 0.5) is 0 Å². The van der Waals surface area contributed by atoms with Gasteiger partial charge in [0.1, 0.15) is 5.75 Å². The number of methoxy groups -OCH3 is 1. The van der Waals surface area contributed by atoms with Crippen molar-refractivity contribution in [1.29, 1.82) is 0 Å². The third kappa shape index (κ3) is 4.49. The third-order valence-electron chi connectivity index (χ3n) is 4.57. The first-order chi connectivity index (χ1) is 16.3. The van der Waals surface area contributed by atoms with Crippen molar-refractivity contribution in [3.05, 3.63) is 108 Å². The number of para-hydroxylation sites is 1. The van der Waals surface area contributed by atoms with E-state index in [1.54, 1.807) is 24.3 Å². The predicted octanol–water partition coefficient (Wildman–Crippen LogP) is 2.96. The average Bonchev–Trinajstić information content (AvgIpc) is 2.82. The summed E-state index contributed by atoms with van der Waals surface area (Å²) in [4.78, 5) is 50.1. The topological polar surface area (TPSA) is 125 Å². The number of nitrogens with one attached hydrogen (secondary N) is 1. The Hall–Kier alpha value is -4.15. The van der Waals surface area contributed by atoms with Crippen molar-refractivity contribution in [1.82, 2.24) is 19.3 Å². The standard InChI is InChI=1S/C22H14Cl2N4O6/c1-33-21(31)18-20(30)25-22(32)28(26-18)13-9-15(23)19(16(24)10-13)34-14-7-8-17(29)27(11-14)12-5-3-2-4-6-12/h2-11H,1H3,(H,25,30,32). The van der Waals surface area contributed by atoms with Crippen LogP contribution in [0.15, 0.2) is 75.2 Å². The first-order valence-corrected chi connectivity index (χ1v) is 10.3. The van der Waals surface area contributed by atoms with Gasteiger partial charge >= 0.3 is 11.7 Å². The predicted molar refractivity (Wildman–Crippen MR) is 124 cm³/mol. The minimum atomic E-state index is -1.03. The second-order valence-corrected chi connectivity index (χ2v) is 7.57. The number of esters is 1. The molecule has 0 saturated carbocycles. The number of aromatic nitrogens is 4. The van der Waals surface area contributed by atoms with E-state index < -0.39 is 22.9 Å². The molecule has 10 nitrogen and oxygen atoms in total. The summed E-state index contributed by atoms with van der Waals surface area (Å²) in [6.07, 6.45) is 1.48. The molecular weight excluding hydrogens is 487 g/mol. The van der Waals surface area contributed by atoms with Crippen LogP contribution < -0.4 is 21.5 Å². The SMILES string of the molecule is COC(=O)c1nn(-c2cc(Cl)c(Oc3ccc(=O)n(-c4ccccc4)c3)c(Cl)c2)c(=O)[nH]c1=O. The molecule has 0 aliphatic carbocycles. The molecule has 4 rings (SSSR count). The fourth-order valence-corrected chi connectivity index (χ4v) is 3.56. The summed E-state index contributed by atoms with van der Waals surface area (Å²) in [7, 11) is 1.07. The largest absolute Gasteiger partial charge is 0.464 e. The molecule has 2 heterocycles. The maximum Gasteiger partial charge on any atom is 0.364 e. The molecule has 0 atom stereocenters. The molecule has 0 saturated heterocycles. The number of H-pyrrole nitrogens is 1. The molecule has 0 radical (unpaired) electrons. The summed E-state index contributed by atoms with van der Waals surface area (Å²) in [6, 6.07) is 14.3. The Kier molecular flexibility index (Phi) is 6.35. The van der Waals surface area contributed by atoms with Gasteiger partial charge in [-0.1, -0.05) is 41.4 Å². The Balaban J connectivity index is 1.73. The van der Waals surface area contributed by atoms with Crippen molar-refractivity contribution < 1.29 is 14.3 Å². The number of aromatic amines is 1. The van der Waals surface area contributed by atoms with Crippen molar-refractivity contribution in [3.8, 4) is 22.9 Å². The summed E-state index contributed by atoms with van der Waals surface area (Å²) in [5.74, 6) is -0.705. The van der Waals surface area contributed by atoms with Crippen LogP contribution in [0.5, 0.6) is 11.5 Å². The molecular formula is C22H14Cl2N4O6. The smallest absolute Gasteiger partial charge is 0.364 e. The maximum atomic E-state index is 12.3. The van der Waals surface area contributed by atoms with E-state index in [1.165, 1.54) is 35.0 Å². The van der Waals surface area contributed by atoms with Gasteiger partial charge in [-0.05, 0) is 30.3 Å². The minimum Gasteiger partial charge on any atom is -0.464 e. The second kappa shape index (κ2) is 9.38. The lowest BCUT2D eigenvalue weighted by atomic mass is 10.3. The fraction of sp³-hybridized carbons (Fsp3) is 0.0455. The summed E-state index contributed by atoms with van der Waals surface area (Å²) < 4.78 is 12.4. The van der Waals surface area contributed by atoms with E-state index in [2.05, 4.69) is 9.84 Å². The van der Waals surface area contributed by atoms with Crippen LogP contribution in [0.25, 0.3) is 11.4 Å². The van der Waals surface area contributed by atoms with Gasteiger partial charge < -0.3 is 9.47 Å². The van der Waals surface area contributed by atoms with Crippen molar-refractivity contribution in [2.75, 3.05) is 7.11 Å². The van der Waals surface area contributed by atoms with E-state index in [4.69, 9.17) is 27.9 Å². The molecule has 4 aromatic rings. The number of rotatable bonds is 5. The molecule has 0 aliphatic heterocycles. The van der Waals surface area contributed by atoms with Crippen LogP contribution in [0, 0.1) is 0 Å². The highest BCUT2D eigenvalue weighted by Crippen LogP contribution is 2.38. The molecule has 2 aromatic heterocycles. The number of nitrogens with zero attached hydrogens (tertiary/aromatic N) is 3. The van der Waals surface area contributed by atoms with Crippen LogP contribution in [-0.4, -0.2) is 32.4 Å². The maximum absolute atomic E-state index is 12.3. The van der Waals surface area contributed by atoms with E-state index in [-0.39, 0.29) is 32.8 Å². The quantitative estimate of drug-likeness (QED) is 0.417. The minimum absolute atomic E-state index is 0.000482. The molecule has 0 bridgehead atoms. The Labute approximate surface area is 200 Å². The van der Waals surface area contributed by atoms with Crippen LogP contribution >= 0.6 is 23.2 Å². The van der Waals surface area contributed by atoms with Gasteiger partial charge in [-0.2, -0.15) is 9.78 Å². The van der Waals surface area contributed by atoms with Crippen LogP contribution in [0.3, 0.4) is 0 Å². The normalized spacial score (nSPS) is 10.7. The lowest BCUT2D eigenvalue weighted by Gasteiger charge is -2.13. The van der Waals surface area contributed by atoms with E-state index >= 15 is 0 Å². The molecule has 1 N–H and O–H groups in total. The van der Waals surface area contributed by atoms with Crippen molar-refractivity contribution in [3.63, 3.8) is 0 Å². The molecule has 2 aromatic carbocycles. The lowest BCUT2D eigenvalue weighted by molar-refractivity contribution is 0.0589. The van der Waals surface area contributed by atoms with E-state index in [1.807, 2.05) is 11.1 Å². The molecule has 172 valence electrons. The number of benzene rings is 2. The zero-order valence-corrected chi connectivity index (χ0v) is 18.8. The summed E-state index contributed by atoms with van der Waals surface area (Å²) >= 11 is 12.7. The van der Waals surface area contributed by atoms with Crippen molar-refractivity contribution >= 4 is 29.2 Å². The summed E-state index contributed by atoms with van der Waals surface area (Å²) in [5.41, 5.74) is -2.13. The van der Waals surface area contributed by atoms with Gasteiger partial charge in [-0.3, -0.25) is 19.1 Å². The molecule has 34 heavy (non-hydrogen) atoms. The number of halogens is 2. The zero-order chi connectivity index (χ0) is 24.4. The summed E-state index contributed by atoms with van der Waals surface area (Å²) in [5, 5.41) is 3.75. The number of carbonyl (C=O) groups excluding carboxylic acids is 1. The Morgan fingerprint density at radius 1 is 0.971 bits per heavy atom. The number of hydrogen-bond acceptors (Lipinski definition) is 7. The highest BCUT2D eigenvalue weighted by molar-refractivity contribution is 6.37. The number of carbonyl (C=O) groups is 1. The average molecular weight is 501 g/mol. The van der Waals surface area contributed by atoms with Crippen LogP contribution in [0.2, 0.25) is 10.0 Å². The van der Waals surface area contributed by atoms with Gasteiger partial charge in [-0.25, -0.2) is 9.59 Å². The van der Waals surface area contributed by atoms with Crippen LogP contribution in [-0.2, 0) is 4.74 Å². The molecule has 0 aliphatic rings. The first-order valence-electron chi connectivity index (χ1n) is 9.56. The van der Waals surface area contributed by atoms with Crippen molar-refractivity contribution in [2.24, 2.45) is 0 Å². The zero-order valence-electron chi connectivity index (χ0n) is 17.3. The molecule has 12 heteroatoms. The van der Waals surface area contributed by atoms with Gasteiger partial charge in [0.15, 0.2) is 5.75 Å². The highest BCUT2D eigenvalue weighted by Gasteiger charge is 2.19. The van der Waals surface area contributed by atoms with E-state index in [0.717, 1.165) is 11.8 Å². The lowest BCUT2D eigenvalue weighted by Crippen LogP contribution is -2.36. The molecule has 0 unspecified atom stereocenters. The Morgan fingerprint density at radius 3 is 2.29 bits per heavy atom. The van der Waals surface area contributed by atoms with Crippen LogP contribution in [0.1, 0.15) is 10.5 Å².